The molecule has 2 aromatic rings. The van der Waals surface area contributed by atoms with Crippen molar-refractivity contribution < 1.29 is 0 Å². The van der Waals surface area contributed by atoms with Gasteiger partial charge in [-0.05, 0) is 42.5 Å². The lowest BCUT2D eigenvalue weighted by molar-refractivity contribution is 0.502. The van der Waals surface area contributed by atoms with E-state index < -0.39 is 0 Å². The number of nitrogens with one attached hydrogen (secondary N) is 1. The standard InChI is InChI=1S/C17H24BrN3/c1-13(2)19-12-15(14-5-4-6-16(18)11-14)7-8-17-9-10-20-21(17)3/h4-6,9-11,13,15,19H,7-8,12H2,1-3H3. The molecule has 1 aromatic heterocycles. The highest BCUT2D eigenvalue weighted by Gasteiger charge is 2.13. The predicted octanol–water partition coefficient (Wildman–Crippen LogP) is 3.90. The molecule has 0 fully saturated rings. The average molecular weight is 350 g/mol. The van der Waals surface area contributed by atoms with Crippen molar-refractivity contribution in [1.82, 2.24) is 15.1 Å². The molecule has 0 aliphatic heterocycles. The number of nitrogens with zero attached hydrogens (tertiary/aromatic N) is 2. The van der Waals surface area contributed by atoms with Crippen LogP contribution in [-0.4, -0.2) is 22.4 Å². The summed E-state index contributed by atoms with van der Waals surface area (Å²) in [5.74, 6) is 0.514. The topological polar surface area (TPSA) is 29.9 Å². The Morgan fingerprint density at radius 2 is 2.10 bits per heavy atom. The molecule has 0 spiro atoms. The van der Waals surface area contributed by atoms with E-state index in [4.69, 9.17) is 0 Å². The molecule has 0 aliphatic carbocycles. The Hall–Kier alpha value is -1.13. The van der Waals surface area contributed by atoms with Crippen molar-refractivity contribution in [1.29, 1.82) is 0 Å². The number of hydrogen-bond acceptors (Lipinski definition) is 2. The van der Waals surface area contributed by atoms with Gasteiger partial charge in [0.05, 0.1) is 0 Å². The number of rotatable bonds is 7. The number of benzene rings is 1. The van der Waals surface area contributed by atoms with Gasteiger partial charge in [-0.3, -0.25) is 4.68 Å². The SMILES string of the molecule is CC(C)NCC(CCc1ccnn1C)c1cccc(Br)c1. The Labute approximate surface area is 135 Å². The third-order valence-electron chi connectivity index (χ3n) is 3.76. The second-order valence-corrected chi connectivity index (χ2v) is 6.72. The lowest BCUT2D eigenvalue weighted by Crippen LogP contribution is -2.28. The molecule has 1 N–H and O–H groups in total. The second-order valence-electron chi connectivity index (χ2n) is 5.80. The van der Waals surface area contributed by atoms with Crippen LogP contribution in [0.15, 0.2) is 41.0 Å². The first-order chi connectivity index (χ1) is 10.1. The van der Waals surface area contributed by atoms with E-state index in [2.05, 4.69) is 70.5 Å². The number of halogens is 1. The van der Waals surface area contributed by atoms with E-state index in [1.54, 1.807) is 0 Å². The van der Waals surface area contributed by atoms with Gasteiger partial charge < -0.3 is 5.32 Å². The summed E-state index contributed by atoms with van der Waals surface area (Å²) in [6.45, 7) is 5.39. The van der Waals surface area contributed by atoms with Crippen molar-refractivity contribution in [2.75, 3.05) is 6.54 Å². The van der Waals surface area contributed by atoms with Crippen LogP contribution in [0.1, 0.15) is 37.4 Å². The largest absolute Gasteiger partial charge is 0.314 e. The summed E-state index contributed by atoms with van der Waals surface area (Å²) in [7, 11) is 2.01. The minimum Gasteiger partial charge on any atom is -0.314 e. The number of aromatic nitrogens is 2. The van der Waals surface area contributed by atoms with E-state index >= 15 is 0 Å². The molecule has 4 heteroatoms. The minimum absolute atomic E-state index is 0.511. The van der Waals surface area contributed by atoms with Gasteiger partial charge in [0.2, 0.25) is 0 Å². The fraction of sp³-hybridized carbons (Fsp3) is 0.471. The van der Waals surface area contributed by atoms with E-state index in [1.807, 2.05) is 17.9 Å². The molecule has 114 valence electrons. The van der Waals surface area contributed by atoms with E-state index in [0.717, 1.165) is 23.9 Å². The molecule has 0 amide bonds. The highest BCUT2D eigenvalue weighted by atomic mass is 79.9. The summed E-state index contributed by atoms with van der Waals surface area (Å²) in [5, 5.41) is 7.82. The highest BCUT2D eigenvalue weighted by molar-refractivity contribution is 9.10. The molecule has 1 atom stereocenters. The van der Waals surface area contributed by atoms with E-state index in [-0.39, 0.29) is 0 Å². The van der Waals surface area contributed by atoms with Gasteiger partial charge >= 0.3 is 0 Å². The minimum atomic E-state index is 0.511. The molecule has 1 unspecified atom stereocenters. The number of hydrogen-bond donors (Lipinski definition) is 1. The van der Waals surface area contributed by atoms with Crippen LogP contribution in [0.4, 0.5) is 0 Å². The normalized spacial score (nSPS) is 12.8. The molecule has 0 saturated carbocycles. The Balaban J connectivity index is 2.06. The number of aryl methyl sites for hydroxylation is 2. The van der Waals surface area contributed by atoms with Crippen LogP contribution in [0.5, 0.6) is 0 Å². The van der Waals surface area contributed by atoms with Gasteiger partial charge in [0, 0.05) is 36.0 Å². The third kappa shape index (κ3) is 4.97. The molecule has 0 saturated heterocycles. The smallest absolute Gasteiger partial charge is 0.0492 e. The van der Waals surface area contributed by atoms with Gasteiger partial charge in [-0.2, -0.15) is 5.10 Å². The summed E-state index contributed by atoms with van der Waals surface area (Å²) in [6, 6.07) is 11.3. The molecule has 0 radical (unpaired) electrons. The van der Waals surface area contributed by atoms with Gasteiger partial charge in [0.15, 0.2) is 0 Å². The van der Waals surface area contributed by atoms with Crippen LogP contribution in [-0.2, 0) is 13.5 Å². The monoisotopic (exact) mass is 349 g/mol. The van der Waals surface area contributed by atoms with Crippen LogP contribution in [0.3, 0.4) is 0 Å². The summed E-state index contributed by atoms with van der Waals surface area (Å²) >= 11 is 3.58. The Kier molecular flexibility index (Phi) is 6.00. The quantitative estimate of drug-likeness (QED) is 0.821. The van der Waals surface area contributed by atoms with Crippen LogP contribution >= 0.6 is 15.9 Å². The highest BCUT2D eigenvalue weighted by Crippen LogP contribution is 2.24. The molecular weight excluding hydrogens is 326 g/mol. The maximum atomic E-state index is 4.25. The van der Waals surface area contributed by atoms with Crippen LogP contribution in [0.25, 0.3) is 0 Å². The first-order valence-corrected chi connectivity index (χ1v) is 8.31. The lowest BCUT2D eigenvalue weighted by atomic mass is 9.93. The molecular formula is C17H24BrN3. The molecule has 1 heterocycles. The molecule has 3 nitrogen and oxygen atoms in total. The predicted molar refractivity (Wildman–Crippen MR) is 91.6 cm³/mol. The zero-order valence-electron chi connectivity index (χ0n) is 13.0. The summed E-state index contributed by atoms with van der Waals surface area (Å²) in [4.78, 5) is 0. The summed E-state index contributed by atoms with van der Waals surface area (Å²) in [6.07, 6.45) is 4.04. The Morgan fingerprint density at radius 3 is 2.71 bits per heavy atom. The van der Waals surface area contributed by atoms with Crippen molar-refractivity contribution in [3.8, 4) is 0 Å². The first kappa shape index (κ1) is 16.2. The van der Waals surface area contributed by atoms with Crippen molar-refractivity contribution in [2.24, 2.45) is 7.05 Å². The van der Waals surface area contributed by atoms with E-state index in [0.29, 0.717) is 12.0 Å². The summed E-state index contributed by atoms with van der Waals surface area (Å²) in [5.41, 5.74) is 2.68. The van der Waals surface area contributed by atoms with Crippen LogP contribution < -0.4 is 5.32 Å². The Bertz CT molecular complexity index is 563. The van der Waals surface area contributed by atoms with Gasteiger partial charge in [-0.15, -0.1) is 0 Å². The van der Waals surface area contributed by atoms with Crippen LogP contribution in [0.2, 0.25) is 0 Å². The van der Waals surface area contributed by atoms with Gasteiger partial charge in [-0.1, -0.05) is 41.9 Å². The molecule has 0 aliphatic rings. The fourth-order valence-electron chi connectivity index (χ4n) is 2.49. The first-order valence-electron chi connectivity index (χ1n) is 7.52. The molecule has 1 aromatic carbocycles. The summed E-state index contributed by atoms with van der Waals surface area (Å²) < 4.78 is 3.11. The molecule has 2 rings (SSSR count). The molecule has 0 bridgehead atoms. The average Bonchev–Trinajstić information content (AvgIpc) is 2.84. The maximum Gasteiger partial charge on any atom is 0.0492 e. The van der Waals surface area contributed by atoms with Crippen molar-refractivity contribution in [3.63, 3.8) is 0 Å². The zero-order chi connectivity index (χ0) is 15.2. The van der Waals surface area contributed by atoms with E-state index in [1.165, 1.54) is 11.3 Å². The fourth-order valence-corrected chi connectivity index (χ4v) is 2.91. The van der Waals surface area contributed by atoms with Crippen molar-refractivity contribution in [2.45, 2.75) is 38.6 Å². The van der Waals surface area contributed by atoms with Crippen molar-refractivity contribution in [3.05, 3.63) is 52.3 Å². The van der Waals surface area contributed by atoms with Crippen molar-refractivity contribution >= 4 is 15.9 Å². The maximum absolute atomic E-state index is 4.25. The Morgan fingerprint density at radius 1 is 1.29 bits per heavy atom. The second kappa shape index (κ2) is 7.76. The zero-order valence-corrected chi connectivity index (χ0v) is 14.6. The lowest BCUT2D eigenvalue weighted by Gasteiger charge is -2.20. The van der Waals surface area contributed by atoms with Gasteiger partial charge in [-0.25, -0.2) is 0 Å². The van der Waals surface area contributed by atoms with Crippen LogP contribution in [0, 0.1) is 0 Å². The molecule has 21 heavy (non-hydrogen) atoms. The van der Waals surface area contributed by atoms with Gasteiger partial charge in [0.25, 0.3) is 0 Å². The van der Waals surface area contributed by atoms with E-state index in [9.17, 15) is 0 Å². The third-order valence-corrected chi connectivity index (χ3v) is 4.26. The van der Waals surface area contributed by atoms with Gasteiger partial charge in [0.1, 0.15) is 0 Å².